The van der Waals surface area contributed by atoms with Gasteiger partial charge in [0.2, 0.25) is 0 Å². The normalized spacial score (nSPS) is 33.0. The molecule has 2 heteroatoms. The van der Waals surface area contributed by atoms with E-state index in [1.54, 1.807) is 0 Å². The van der Waals surface area contributed by atoms with E-state index in [4.69, 9.17) is 4.74 Å². The highest BCUT2D eigenvalue weighted by atomic mass is 16.5. The van der Waals surface area contributed by atoms with Crippen molar-refractivity contribution in [3.05, 3.63) is 0 Å². The Morgan fingerprint density at radius 3 is 2.67 bits per heavy atom. The van der Waals surface area contributed by atoms with Crippen LogP contribution in [-0.4, -0.2) is 35.2 Å². The van der Waals surface area contributed by atoms with Gasteiger partial charge in [0.1, 0.15) is 0 Å². The molecule has 0 aromatic heterocycles. The molecule has 0 spiro atoms. The zero-order chi connectivity index (χ0) is 13.2. The fraction of sp³-hybridized carbons (Fsp3) is 1.00. The summed E-state index contributed by atoms with van der Waals surface area (Å²) in [5.74, 6) is 0. The summed E-state index contributed by atoms with van der Waals surface area (Å²) in [7, 11) is 0. The van der Waals surface area contributed by atoms with E-state index in [-0.39, 0.29) is 0 Å². The molecule has 2 saturated heterocycles. The van der Waals surface area contributed by atoms with Crippen LogP contribution in [0.3, 0.4) is 0 Å². The molecule has 0 saturated carbocycles. The minimum atomic E-state index is 0.359. The Kier molecular flexibility index (Phi) is 4.71. The first-order chi connectivity index (χ1) is 8.56. The first-order valence-electron chi connectivity index (χ1n) is 7.96. The summed E-state index contributed by atoms with van der Waals surface area (Å²) in [6.45, 7) is 10.4. The van der Waals surface area contributed by atoms with Crippen molar-refractivity contribution >= 4 is 0 Å². The molecule has 2 rings (SSSR count). The highest BCUT2D eigenvalue weighted by molar-refractivity contribution is 5.01. The Balaban J connectivity index is 1.92. The van der Waals surface area contributed by atoms with E-state index in [0.717, 1.165) is 6.61 Å². The molecule has 106 valence electrons. The van der Waals surface area contributed by atoms with Crippen LogP contribution in [0.5, 0.6) is 0 Å². The minimum Gasteiger partial charge on any atom is -0.375 e. The molecule has 2 heterocycles. The predicted octanol–water partition coefficient (Wildman–Crippen LogP) is 3.99. The fourth-order valence-corrected chi connectivity index (χ4v) is 3.97. The molecule has 2 bridgehead atoms. The predicted molar refractivity (Wildman–Crippen MR) is 76.9 cm³/mol. The maximum absolute atomic E-state index is 5.89. The van der Waals surface area contributed by atoms with Gasteiger partial charge in [-0.25, -0.2) is 0 Å². The van der Waals surface area contributed by atoms with E-state index in [1.165, 1.54) is 44.9 Å². The quantitative estimate of drug-likeness (QED) is 0.664. The molecule has 0 aliphatic carbocycles. The van der Waals surface area contributed by atoms with Crippen LogP contribution in [0.2, 0.25) is 0 Å². The molecule has 0 N–H and O–H groups in total. The molecular formula is C16H31NO. The van der Waals surface area contributed by atoms with Crippen molar-refractivity contribution in [1.29, 1.82) is 0 Å². The zero-order valence-corrected chi connectivity index (χ0v) is 12.7. The fourth-order valence-electron chi connectivity index (χ4n) is 3.97. The lowest BCUT2D eigenvalue weighted by atomic mass is 9.91. The number of ether oxygens (including phenoxy) is 1. The summed E-state index contributed by atoms with van der Waals surface area (Å²) in [6.07, 6.45) is 9.95. The monoisotopic (exact) mass is 253 g/mol. The highest BCUT2D eigenvalue weighted by Crippen LogP contribution is 2.39. The van der Waals surface area contributed by atoms with Crippen molar-refractivity contribution < 1.29 is 4.74 Å². The molecule has 18 heavy (non-hydrogen) atoms. The Morgan fingerprint density at radius 1 is 1.17 bits per heavy atom. The van der Waals surface area contributed by atoms with Crippen molar-refractivity contribution in [1.82, 2.24) is 4.90 Å². The molecular weight excluding hydrogens is 222 g/mol. The highest BCUT2D eigenvalue weighted by Gasteiger charge is 2.47. The maximum Gasteiger partial charge on any atom is 0.0703 e. The van der Waals surface area contributed by atoms with E-state index in [1.807, 2.05) is 0 Å². The summed E-state index contributed by atoms with van der Waals surface area (Å²) in [5.41, 5.74) is 0.359. The van der Waals surface area contributed by atoms with E-state index < -0.39 is 0 Å². The molecule has 2 nitrogen and oxygen atoms in total. The summed E-state index contributed by atoms with van der Waals surface area (Å²) >= 11 is 0. The number of unbranched alkanes of at least 4 members (excludes halogenated alkanes) is 3. The van der Waals surface area contributed by atoms with Gasteiger partial charge in [-0.05, 0) is 40.0 Å². The van der Waals surface area contributed by atoms with Crippen LogP contribution in [0.4, 0.5) is 0 Å². The van der Waals surface area contributed by atoms with Crippen molar-refractivity contribution in [3.63, 3.8) is 0 Å². The molecule has 3 atom stereocenters. The van der Waals surface area contributed by atoms with Gasteiger partial charge in [-0.15, -0.1) is 0 Å². The number of morpholine rings is 1. The lowest BCUT2D eigenvalue weighted by Crippen LogP contribution is -2.58. The van der Waals surface area contributed by atoms with Gasteiger partial charge in [-0.2, -0.15) is 0 Å². The van der Waals surface area contributed by atoms with Crippen molar-refractivity contribution in [2.24, 2.45) is 0 Å². The van der Waals surface area contributed by atoms with E-state index in [0.29, 0.717) is 23.7 Å². The summed E-state index contributed by atoms with van der Waals surface area (Å²) in [6, 6.07) is 1.36. The standard InChI is InChI=1S/C16H31NO/c1-5-6-7-8-11-16(3,4)17-14-9-10-15(17)13(2)18-12-14/h13-15H,5-12H2,1-4H3. The van der Waals surface area contributed by atoms with Crippen LogP contribution < -0.4 is 0 Å². The van der Waals surface area contributed by atoms with Crippen LogP contribution in [0.15, 0.2) is 0 Å². The van der Waals surface area contributed by atoms with Gasteiger partial charge < -0.3 is 4.74 Å². The number of hydrogen-bond acceptors (Lipinski definition) is 2. The van der Waals surface area contributed by atoms with Gasteiger partial charge >= 0.3 is 0 Å². The molecule has 0 amide bonds. The van der Waals surface area contributed by atoms with E-state index >= 15 is 0 Å². The Bertz CT molecular complexity index is 264. The second-order valence-corrected chi connectivity index (χ2v) is 6.87. The second-order valence-electron chi connectivity index (χ2n) is 6.87. The van der Waals surface area contributed by atoms with Crippen molar-refractivity contribution in [2.45, 2.75) is 96.4 Å². The summed E-state index contributed by atoms with van der Waals surface area (Å²) in [5, 5.41) is 0. The smallest absolute Gasteiger partial charge is 0.0703 e. The first kappa shape index (κ1) is 14.3. The third-order valence-corrected chi connectivity index (χ3v) is 4.98. The van der Waals surface area contributed by atoms with Gasteiger partial charge in [0.05, 0.1) is 12.7 Å². The zero-order valence-electron chi connectivity index (χ0n) is 12.7. The molecule has 2 fully saturated rings. The van der Waals surface area contributed by atoms with Crippen LogP contribution in [0.1, 0.15) is 72.6 Å². The summed E-state index contributed by atoms with van der Waals surface area (Å²) < 4.78 is 5.89. The van der Waals surface area contributed by atoms with Crippen LogP contribution in [0, 0.1) is 0 Å². The third-order valence-electron chi connectivity index (χ3n) is 4.98. The third kappa shape index (κ3) is 2.91. The Morgan fingerprint density at radius 2 is 1.94 bits per heavy atom. The molecule has 3 unspecified atom stereocenters. The molecule has 0 aromatic rings. The number of rotatable bonds is 6. The van der Waals surface area contributed by atoms with Gasteiger partial charge in [-0.3, -0.25) is 4.90 Å². The molecule has 0 aromatic carbocycles. The largest absolute Gasteiger partial charge is 0.375 e. The molecule has 2 aliphatic heterocycles. The number of nitrogens with zero attached hydrogens (tertiary/aromatic N) is 1. The Hall–Kier alpha value is -0.0800. The van der Waals surface area contributed by atoms with Crippen LogP contribution in [-0.2, 0) is 4.74 Å². The lowest BCUT2D eigenvalue weighted by Gasteiger charge is -2.48. The lowest BCUT2D eigenvalue weighted by molar-refractivity contribution is -0.104. The molecule has 0 radical (unpaired) electrons. The van der Waals surface area contributed by atoms with Crippen LogP contribution in [0.25, 0.3) is 0 Å². The minimum absolute atomic E-state index is 0.359. The van der Waals surface area contributed by atoms with Crippen LogP contribution >= 0.6 is 0 Å². The van der Waals surface area contributed by atoms with Gasteiger partial charge in [0.15, 0.2) is 0 Å². The van der Waals surface area contributed by atoms with Crippen molar-refractivity contribution in [3.8, 4) is 0 Å². The maximum atomic E-state index is 5.89. The van der Waals surface area contributed by atoms with E-state index in [9.17, 15) is 0 Å². The molecule has 2 aliphatic rings. The van der Waals surface area contributed by atoms with Gasteiger partial charge in [0, 0.05) is 17.6 Å². The Labute approximate surface area is 113 Å². The average Bonchev–Trinajstić information content (AvgIpc) is 2.68. The number of fused-ring (bicyclic) bond motifs is 2. The topological polar surface area (TPSA) is 12.5 Å². The average molecular weight is 253 g/mol. The second kappa shape index (κ2) is 5.92. The van der Waals surface area contributed by atoms with Gasteiger partial charge in [0.25, 0.3) is 0 Å². The number of hydrogen-bond donors (Lipinski definition) is 0. The summed E-state index contributed by atoms with van der Waals surface area (Å²) in [4.78, 5) is 2.80. The van der Waals surface area contributed by atoms with Gasteiger partial charge in [-0.1, -0.05) is 32.6 Å². The van der Waals surface area contributed by atoms with E-state index in [2.05, 4.69) is 32.6 Å². The first-order valence-corrected chi connectivity index (χ1v) is 7.96. The van der Waals surface area contributed by atoms with Crippen molar-refractivity contribution in [2.75, 3.05) is 6.61 Å². The SMILES string of the molecule is CCCCCCC(C)(C)N1C2CCC1C(C)OC2.